The number of rotatable bonds is 3. The lowest BCUT2D eigenvalue weighted by molar-refractivity contribution is 0.0653. The molecule has 26 heavy (non-hydrogen) atoms. The molecule has 0 radical (unpaired) electrons. The summed E-state index contributed by atoms with van der Waals surface area (Å²) in [4.78, 5) is 26.6. The zero-order valence-electron chi connectivity index (χ0n) is 14.5. The third-order valence-electron chi connectivity index (χ3n) is 4.58. The third-order valence-corrected chi connectivity index (χ3v) is 4.58. The first kappa shape index (κ1) is 20.1. The molecule has 2 atom stereocenters. The maximum Gasteiger partial charge on any atom is 0.274 e. The number of nitrogens with two attached hydrogens (primary N) is 1. The number of likely N-dealkylation sites (tertiary alicyclic amines) is 1. The minimum atomic E-state index is -0.403. The normalized spacial score (nSPS) is 18.1. The summed E-state index contributed by atoms with van der Waals surface area (Å²) in [6, 6.07) is 8.15. The second-order valence-corrected chi connectivity index (χ2v) is 6.46. The maximum absolute atomic E-state index is 13.1. The van der Waals surface area contributed by atoms with Crippen LogP contribution in [0.25, 0.3) is 5.69 Å². The predicted octanol–water partition coefficient (Wildman–Crippen LogP) is 1.99. The van der Waals surface area contributed by atoms with Crippen molar-refractivity contribution in [3.8, 4) is 5.69 Å². The summed E-state index contributed by atoms with van der Waals surface area (Å²) in [7, 11) is 0. The van der Waals surface area contributed by atoms with E-state index in [-0.39, 0.29) is 41.5 Å². The fourth-order valence-electron chi connectivity index (χ4n) is 3.08. The van der Waals surface area contributed by atoms with Crippen LogP contribution in [0.4, 0.5) is 4.39 Å². The Hall–Kier alpha value is -2.25. The number of hydrogen-bond acceptors (Lipinski definition) is 4. The van der Waals surface area contributed by atoms with Gasteiger partial charge in [-0.15, -0.1) is 12.4 Å². The summed E-state index contributed by atoms with van der Waals surface area (Å²) in [5, 5.41) is 4.18. The summed E-state index contributed by atoms with van der Waals surface area (Å²) in [5.41, 5.74) is 6.19. The summed E-state index contributed by atoms with van der Waals surface area (Å²) in [6.07, 6.45) is 1.90. The Morgan fingerprint density at radius 3 is 2.62 bits per heavy atom. The molecule has 0 bridgehead atoms. The van der Waals surface area contributed by atoms with Gasteiger partial charge in [0.1, 0.15) is 11.5 Å². The lowest BCUT2D eigenvalue weighted by Crippen LogP contribution is -2.45. The van der Waals surface area contributed by atoms with E-state index in [1.807, 2.05) is 6.92 Å². The van der Waals surface area contributed by atoms with Gasteiger partial charge < -0.3 is 10.6 Å². The smallest absolute Gasteiger partial charge is 0.274 e. The van der Waals surface area contributed by atoms with Crippen molar-refractivity contribution in [2.75, 3.05) is 13.1 Å². The molecular formula is C18H22ClFN4O2. The van der Waals surface area contributed by atoms with E-state index in [2.05, 4.69) is 5.10 Å². The van der Waals surface area contributed by atoms with E-state index in [0.29, 0.717) is 18.8 Å². The molecule has 1 amide bonds. The van der Waals surface area contributed by atoms with E-state index in [4.69, 9.17) is 5.73 Å². The standard InChI is InChI=1S/C18H21FN4O2.ClH/c1-12(20)13-3-2-10-22(11-13)18(25)16-8-9-17(24)23(21-16)15-6-4-14(19)5-7-15;/h4-9,12-13H,2-3,10-11,20H2,1H3;1H. The quantitative estimate of drug-likeness (QED) is 0.882. The summed E-state index contributed by atoms with van der Waals surface area (Å²) in [5.74, 6) is -0.360. The number of nitrogens with zero attached hydrogens (tertiary/aromatic N) is 3. The lowest BCUT2D eigenvalue weighted by atomic mass is 9.92. The van der Waals surface area contributed by atoms with Gasteiger partial charge in [-0.25, -0.2) is 4.39 Å². The number of amides is 1. The molecule has 2 aromatic rings. The Labute approximate surface area is 157 Å². The molecule has 8 heteroatoms. The van der Waals surface area contributed by atoms with Crippen LogP contribution in [0.5, 0.6) is 0 Å². The van der Waals surface area contributed by atoms with Crippen molar-refractivity contribution in [1.29, 1.82) is 0 Å². The Morgan fingerprint density at radius 2 is 1.96 bits per heavy atom. The Morgan fingerprint density at radius 1 is 1.27 bits per heavy atom. The van der Waals surface area contributed by atoms with E-state index in [0.717, 1.165) is 17.5 Å². The average molecular weight is 381 g/mol. The van der Waals surface area contributed by atoms with Crippen LogP contribution in [0.2, 0.25) is 0 Å². The summed E-state index contributed by atoms with van der Waals surface area (Å²) < 4.78 is 14.2. The van der Waals surface area contributed by atoms with E-state index < -0.39 is 5.82 Å². The monoisotopic (exact) mass is 380 g/mol. The first-order chi connectivity index (χ1) is 12.0. The topological polar surface area (TPSA) is 81.2 Å². The van der Waals surface area contributed by atoms with Crippen molar-refractivity contribution in [2.45, 2.75) is 25.8 Å². The fourth-order valence-corrected chi connectivity index (χ4v) is 3.08. The molecule has 140 valence electrons. The molecule has 0 saturated carbocycles. The largest absolute Gasteiger partial charge is 0.337 e. The third kappa shape index (κ3) is 4.28. The Balaban J connectivity index is 0.00000243. The van der Waals surface area contributed by atoms with Gasteiger partial charge in [0, 0.05) is 25.2 Å². The maximum atomic E-state index is 13.1. The number of aromatic nitrogens is 2. The molecule has 2 unspecified atom stereocenters. The number of halogens is 2. The SMILES string of the molecule is CC(N)C1CCCN(C(=O)c2ccc(=O)n(-c3ccc(F)cc3)n2)C1.Cl. The molecule has 1 fully saturated rings. The van der Waals surface area contributed by atoms with Crippen molar-refractivity contribution >= 4 is 18.3 Å². The molecule has 2 heterocycles. The molecule has 1 aliphatic heterocycles. The molecule has 1 aromatic carbocycles. The van der Waals surface area contributed by atoms with Crippen LogP contribution in [-0.4, -0.2) is 39.7 Å². The first-order valence-electron chi connectivity index (χ1n) is 8.37. The zero-order chi connectivity index (χ0) is 18.0. The minimum absolute atomic E-state index is 0. The van der Waals surface area contributed by atoms with E-state index in [9.17, 15) is 14.0 Å². The highest BCUT2D eigenvalue weighted by Crippen LogP contribution is 2.20. The molecule has 2 N–H and O–H groups in total. The van der Waals surface area contributed by atoms with Gasteiger partial charge in [0.15, 0.2) is 0 Å². The van der Waals surface area contributed by atoms with E-state index in [1.54, 1.807) is 4.90 Å². The van der Waals surface area contributed by atoms with Crippen molar-refractivity contribution in [2.24, 2.45) is 11.7 Å². The predicted molar refractivity (Wildman–Crippen MR) is 99.3 cm³/mol. The minimum Gasteiger partial charge on any atom is -0.337 e. The molecule has 6 nitrogen and oxygen atoms in total. The number of benzene rings is 1. The van der Waals surface area contributed by atoms with Crippen LogP contribution in [0.15, 0.2) is 41.2 Å². The summed E-state index contributed by atoms with van der Waals surface area (Å²) >= 11 is 0. The van der Waals surface area contributed by atoms with Crippen LogP contribution in [0, 0.1) is 11.7 Å². The number of carbonyl (C=O) groups is 1. The van der Waals surface area contributed by atoms with Gasteiger partial charge in [0.2, 0.25) is 0 Å². The second kappa shape index (κ2) is 8.42. The number of piperidine rings is 1. The van der Waals surface area contributed by atoms with Crippen molar-refractivity contribution in [1.82, 2.24) is 14.7 Å². The molecule has 3 rings (SSSR count). The van der Waals surface area contributed by atoms with Gasteiger partial charge in [-0.05, 0) is 56.0 Å². The highest BCUT2D eigenvalue weighted by molar-refractivity contribution is 5.92. The molecule has 0 spiro atoms. The number of carbonyl (C=O) groups excluding carboxylic acids is 1. The second-order valence-electron chi connectivity index (χ2n) is 6.46. The average Bonchev–Trinajstić information content (AvgIpc) is 2.62. The van der Waals surface area contributed by atoms with Gasteiger partial charge in [0.05, 0.1) is 5.69 Å². The van der Waals surface area contributed by atoms with E-state index >= 15 is 0 Å². The van der Waals surface area contributed by atoms with Crippen LogP contribution in [0.1, 0.15) is 30.3 Å². The molecule has 1 aromatic heterocycles. The van der Waals surface area contributed by atoms with Gasteiger partial charge >= 0.3 is 0 Å². The Bertz CT molecular complexity index is 823. The highest BCUT2D eigenvalue weighted by Gasteiger charge is 2.27. The molecular weight excluding hydrogens is 359 g/mol. The van der Waals surface area contributed by atoms with Gasteiger partial charge in [-0.2, -0.15) is 9.78 Å². The molecule has 1 aliphatic rings. The fraction of sp³-hybridized carbons (Fsp3) is 0.389. The number of hydrogen-bond donors (Lipinski definition) is 1. The van der Waals surface area contributed by atoms with Gasteiger partial charge in [-0.1, -0.05) is 0 Å². The lowest BCUT2D eigenvalue weighted by Gasteiger charge is -2.34. The van der Waals surface area contributed by atoms with Gasteiger partial charge in [-0.3, -0.25) is 9.59 Å². The zero-order valence-corrected chi connectivity index (χ0v) is 15.3. The van der Waals surface area contributed by atoms with Crippen LogP contribution >= 0.6 is 12.4 Å². The van der Waals surface area contributed by atoms with Crippen molar-refractivity contribution in [3.05, 3.63) is 58.3 Å². The van der Waals surface area contributed by atoms with Crippen molar-refractivity contribution < 1.29 is 9.18 Å². The Kier molecular flexibility index (Phi) is 6.50. The van der Waals surface area contributed by atoms with Crippen molar-refractivity contribution in [3.63, 3.8) is 0 Å². The van der Waals surface area contributed by atoms with Crippen LogP contribution in [0.3, 0.4) is 0 Å². The van der Waals surface area contributed by atoms with Crippen LogP contribution in [-0.2, 0) is 0 Å². The van der Waals surface area contributed by atoms with E-state index in [1.165, 1.54) is 36.4 Å². The van der Waals surface area contributed by atoms with Crippen LogP contribution < -0.4 is 11.3 Å². The van der Waals surface area contributed by atoms with Gasteiger partial charge in [0.25, 0.3) is 11.5 Å². The first-order valence-corrected chi connectivity index (χ1v) is 8.37. The summed E-state index contributed by atoms with van der Waals surface area (Å²) in [6.45, 7) is 3.19. The molecule has 0 aliphatic carbocycles. The highest BCUT2D eigenvalue weighted by atomic mass is 35.5. The molecule has 1 saturated heterocycles.